The van der Waals surface area contributed by atoms with Crippen molar-refractivity contribution in [2.45, 2.75) is 13.1 Å². The Balaban J connectivity index is 2.40. The minimum atomic E-state index is -4.33. The summed E-state index contributed by atoms with van der Waals surface area (Å²) in [4.78, 5) is 8.29. The Morgan fingerprint density at radius 3 is 2.17 bits per heavy atom. The summed E-state index contributed by atoms with van der Waals surface area (Å²) in [6, 6.07) is 6.51. The molecule has 2 aromatic rings. The molecule has 0 N–H and O–H groups in total. The van der Waals surface area contributed by atoms with Crippen LogP contribution < -0.4 is 0 Å². The molecule has 0 atom stereocenters. The summed E-state index contributed by atoms with van der Waals surface area (Å²) in [5.41, 5.74) is 0.608. The summed E-state index contributed by atoms with van der Waals surface area (Å²) in [6.45, 7) is 1.79. The van der Waals surface area contributed by atoms with E-state index in [1.165, 1.54) is 12.1 Å². The van der Waals surface area contributed by atoms with Crippen molar-refractivity contribution in [2.75, 3.05) is 0 Å². The van der Waals surface area contributed by atoms with Gasteiger partial charge in [0, 0.05) is 11.3 Å². The zero-order valence-corrected chi connectivity index (χ0v) is 10.9. The van der Waals surface area contributed by atoms with Gasteiger partial charge in [-0.15, -0.1) is 0 Å². The molecule has 0 amide bonds. The van der Waals surface area contributed by atoms with Gasteiger partial charge >= 0.3 is 6.18 Å². The molecule has 0 spiro atoms. The molecule has 0 bridgehead atoms. The molecule has 18 heavy (non-hydrogen) atoms. The van der Waals surface area contributed by atoms with E-state index in [2.05, 4.69) is 25.9 Å². The quantitative estimate of drug-likeness (QED) is 0.736. The third kappa shape index (κ3) is 2.87. The lowest BCUT2D eigenvalue weighted by Gasteiger charge is -2.07. The first-order valence-corrected chi connectivity index (χ1v) is 5.84. The maximum Gasteiger partial charge on any atom is 0.416 e. The predicted octanol–water partition coefficient (Wildman–Crippen LogP) is 4.23. The summed E-state index contributed by atoms with van der Waals surface area (Å²) in [6.07, 6.45) is -4.33. The molecule has 0 aliphatic rings. The maximum absolute atomic E-state index is 12.4. The molecule has 6 heteroatoms. The Hall–Kier alpha value is -1.43. The van der Waals surface area contributed by atoms with Gasteiger partial charge in [-0.25, -0.2) is 9.97 Å². The van der Waals surface area contributed by atoms with Gasteiger partial charge in [-0.05, 0) is 41.1 Å². The van der Waals surface area contributed by atoms with Gasteiger partial charge in [0.1, 0.15) is 4.60 Å². The summed E-state index contributed by atoms with van der Waals surface area (Å²) in [5.74, 6) is 0.399. The minimum absolute atomic E-state index is 0.399. The van der Waals surface area contributed by atoms with E-state index < -0.39 is 11.7 Å². The van der Waals surface area contributed by atoms with E-state index in [0.29, 0.717) is 16.0 Å². The number of halogens is 4. The third-order valence-electron chi connectivity index (χ3n) is 2.29. The monoisotopic (exact) mass is 316 g/mol. The van der Waals surface area contributed by atoms with E-state index in [9.17, 15) is 13.2 Å². The molecule has 1 aromatic heterocycles. The molecule has 0 saturated heterocycles. The van der Waals surface area contributed by atoms with Crippen molar-refractivity contribution >= 4 is 15.9 Å². The van der Waals surface area contributed by atoms with Gasteiger partial charge in [0.25, 0.3) is 0 Å². The van der Waals surface area contributed by atoms with E-state index in [1.54, 1.807) is 13.0 Å². The highest BCUT2D eigenvalue weighted by Crippen LogP contribution is 2.30. The highest BCUT2D eigenvalue weighted by atomic mass is 79.9. The molecule has 94 valence electrons. The average molecular weight is 317 g/mol. The lowest BCUT2D eigenvalue weighted by molar-refractivity contribution is -0.137. The summed E-state index contributed by atoms with van der Waals surface area (Å²) < 4.78 is 37.8. The summed E-state index contributed by atoms with van der Waals surface area (Å²) in [5, 5.41) is 0. The van der Waals surface area contributed by atoms with Gasteiger partial charge in [0.2, 0.25) is 0 Å². The standard InChI is InChI=1S/C12H8BrF3N2/c1-7-6-10(13)18-11(17-7)8-2-4-9(5-3-8)12(14,15)16/h2-6H,1H3. The van der Waals surface area contributed by atoms with Crippen molar-refractivity contribution in [1.82, 2.24) is 9.97 Å². The second-order valence-electron chi connectivity index (χ2n) is 3.73. The van der Waals surface area contributed by atoms with Crippen molar-refractivity contribution < 1.29 is 13.2 Å². The Bertz CT molecular complexity index is 544. The molecule has 2 rings (SSSR count). The Morgan fingerprint density at radius 1 is 1.06 bits per heavy atom. The van der Waals surface area contributed by atoms with Gasteiger partial charge in [-0.3, -0.25) is 0 Å². The second-order valence-corrected chi connectivity index (χ2v) is 4.54. The van der Waals surface area contributed by atoms with Crippen LogP contribution in [0, 0.1) is 6.92 Å². The molecule has 1 heterocycles. The summed E-state index contributed by atoms with van der Waals surface area (Å²) >= 11 is 3.23. The molecule has 0 aliphatic carbocycles. The number of rotatable bonds is 1. The summed E-state index contributed by atoms with van der Waals surface area (Å²) in [7, 11) is 0. The van der Waals surface area contributed by atoms with Crippen LogP contribution in [0.25, 0.3) is 11.4 Å². The lowest BCUT2D eigenvalue weighted by atomic mass is 10.1. The van der Waals surface area contributed by atoms with Crippen LogP contribution in [-0.2, 0) is 6.18 Å². The number of alkyl halides is 3. The SMILES string of the molecule is Cc1cc(Br)nc(-c2ccc(C(F)(F)F)cc2)n1. The fraction of sp³-hybridized carbons (Fsp3) is 0.167. The van der Waals surface area contributed by atoms with Crippen molar-refractivity contribution in [3.63, 3.8) is 0 Å². The Kier molecular flexibility index (Phi) is 3.38. The van der Waals surface area contributed by atoms with Gasteiger partial charge in [-0.1, -0.05) is 12.1 Å². The van der Waals surface area contributed by atoms with E-state index in [1.807, 2.05) is 0 Å². The lowest BCUT2D eigenvalue weighted by Crippen LogP contribution is -2.04. The van der Waals surface area contributed by atoms with Crippen molar-refractivity contribution in [3.05, 3.63) is 46.2 Å². The van der Waals surface area contributed by atoms with Crippen LogP contribution in [0.2, 0.25) is 0 Å². The molecular weight excluding hydrogens is 309 g/mol. The number of benzene rings is 1. The first-order valence-electron chi connectivity index (χ1n) is 5.05. The molecule has 0 saturated carbocycles. The Morgan fingerprint density at radius 2 is 1.67 bits per heavy atom. The topological polar surface area (TPSA) is 25.8 Å². The van der Waals surface area contributed by atoms with Crippen molar-refractivity contribution in [3.8, 4) is 11.4 Å². The Labute approximate surface area is 110 Å². The van der Waals surface area contributed by atoms with Crippen LogP contribution in [0.5, 0.6) is 0 Å². The van der Waals surface area contributed by atoms with E-state index in [4.69, 9.17) is 0 Å². The highest BCUT2D eigenvalue weighted by molar-refractivity contribution is 9.10. The zero-order chi connectivity index (χ0) is 13.3. The van der Waals surface area contributed by atoms with Crippen LogP contribution >= 0.6 is 15.9 Å². The van der Waals surface area contributed by atoms with Crippen LogP contribution in [0.1, 0.15) is 11.3 Å². The highest BCUT2D eigenvalue weighted by Gasteiger charge is 2.30. The second kappa shape index (κ2) is 4.68. The fourth-order valence-corrected chi connectivity index (χ4v) is 1.97. The van der Waals surface area contributed by atoms with Gasteiger partial charge in [-0.2, -0.15) is 13.2 Å². The van der Waals surface area contributed by atoms with Crippen LogP contribution in [0.3, 0.4) is 0 Å². The number of hydrogen-bond acceptors (Lipinski definition) is 2. The smallest absolute Gasteiger partial charge is 0.233 e. The number of hydrogen-bond donors (Lipinski definition) is 0. The van der Waals surface area contributed by atoms with Crippen LogP contribution in [0.15, 0.2) is 34.9 Å². The molecule has 0 fully saturated rings. The van der Waals surface area contributed by atoms with Crippen LogP contribution in [0.4, 0.5) is 13.2 Å². The average Bonchev–Trinajstić information content (AvgIpc) is 2.27. The number of nitrogens with zero attached hydrogens (tertiary/aromatic N) is 2. The van der Waals surface area contributed by atoms with Crippen LogP contribution in [-0.4, -0.2) is 9.97 Å². The van der Waals surface area contributed by atoms with Crippen molar-refractivity contribution in [2.24, 2.45) is 0 Å². The first kappa shape index (κ1) is 13.0. The van der Waals surface area contributed by atoms with Gasteiger partial charge in [0.05, 0.1) is 5.56 Å². The minimum Gasteiger partial charge on any atom is -0.233 e. The first-order chi connectivity index (χ1) is 8.36. The fourth-order valence-electron chi connectivity index (χ4n) is 1.47. The van der Waals surface area contributed by atoms with E-state index in [0.717, 1.165) is 17.8 Å². The molecule has 0 aliphatic heterocycles. The number of aryl methyl sites for hydroxylation is 1. The van der Waals surface area contributed by atoms with Crippen molar-refractivity contribution in [1.29, 1.82) is 0 Å². The molecule has 0 radical (unpaired) electrons. The van der Waals surface area contributed by atoms with Gasteiger partial charge in [0.15, 0.2) is 5.82 Å². The molecule has 1 aromatic carbocycles. The molecule has 2 nitrogen and oxygen atoms in total. The number of aromatic nitrogens is 2. The predicted molar refractivity (Wildman–Crippen MR) is 64.9 cm³/mol. The maximum atomic E-state index is 12.4. The third-order valence-corrected chi connectivity index (χ3v) is 2.70. The molecule has 0 unspecified atom stereocenters. The normalized spacial score (nSPS) is 11.6. The van der Waals surface area contributed by atoms with Gasteiger partial charge < -0.3 is 0 Å². The largest absolute Gasteiger partial charge is 0.416 e. The van der Waals surface area contributed by atoms with E-state index >= 15 is 0 Å². The molecular formula is C12H8BrF3N2. The zero-order valence-electron chi connectivity index (χ0n) is 9.29. The van der Waals surface area contributed by atoms with E-state index in [-0.39, 0.29) is 0 Å².